The van der Waals surface area contributed by atoms with Gasteiger partial charge < -0.3 is 9.47 Å². The zero-order valence-electron chi connectivity index (χ0n) is 16.6. The van der Waals surface area contributed by atoms with Crippen LogP contribution < -0.4 is 0 Å². The third-order valence-electron chi connectivity index (χ3n) is 6.33. The molecule has 158 valence electrons. The van der Waals surface area contributed by atoms with Crippen LogP contribution in [0.25, 0.3) is 0 Å². The fourth-order valence-corrected chi connectivity index (χ4v) is 4.70. The monoisotopic (exact) mass is 431 g/mol. The number of rotatable bonds is 3. The van der Waals surface area contributed by atoms with Gasteiger partial charge in [0.1, 0.15) is 11.9 Å². The molecule has 2 bridgehead atoms. The summed E-state index contributed by atoms with van der Waals surface area (Å²) in [6.45, 7) is 1.49. The normalized spacial score (nSPS) is 29.8. The number of halogens is 1. The molecule has 0 amide bonds. The summed E-state index contributed by atoms with van der Waals surface area (Å²) in [5, 5.41) is 50.8. The molecular weight excluding hydrogens is 417 g/mol. The fraction of sp³-hybridized carbons (Fsp3) is 0.273. The van der Waals surface area contributed by atoms with Crippen molar-refractivity contribution >= 4 is 11.6 Å². The quantitative estimate of drug-likeness (QED) is 0.571. The van der Waals surface area contributed by atoms with E-state index in [1.165, 1.54) is 43.3 Å². The number of nitro benzene ring substituents is 1. The molecule has 0 radical (unpaired) electrons. The molecule has 2 fully saturated rings. The number of nitro groups is 1. The lowest BCUT2D eigenvalue weighted by Gasteiger charge is -2.48. The Balaban J connectivity index is 2.08. The highest BCUT2D eigenvalue weighted by atomic mass is 19.1. The molecule has 4 atom stereocenters. The minimum atomic E-state index is -2.34. The highest BCUT2D eigenvalue weighted by Gasteiger charge is 2.80. The van der Waals surface area contributed by atoms with E-state index in [2.05, 4.69) is 0 Å². The van der Waals surface area contributed by atoms with Crippen molar-refractivity contribution in [3.8, 4) is 18.2 Å². The number of ether oxygens (including phenoxy) is 2. The van der Waals surface area contributed by atoms with E-state index < -0.39 is 51.0 Å². The summed E-state index contributed by atoms with van der Waals surface area (Å²) in [7, 11) is 0. The molecule has 2 aliphatic rings. The van der Waals surface area contributed by atoms with E-state index in [1.54, 1.807) is 0 Å². The summed E-state index contributed by atoms with van der Waals surface area (Å²) in [6.07, 6.45) is -1.62. The van der Waals surface area contributed by atoms with Gasteiger partial charge in [0.05, 0.1) is 34.6 Å². The SMILES string of the molecule is CC1C2(c3ccc(F)cc3)OC(=N)C1(C#N)C(C#N)(C#N)C(c1ccccc1[N+](=O)[O-])O2. The van der Waals surface area contributed by atoms with Crippen LogP contribution in [0.1, 0.15) is 24.2 Å². The van der Waals surface area contributed by atoms with E-state index in [-0.39, 0.29) is 11.1 Å². The van der Waals surface area contributed by atoms with Crippen molar-refractivity contribution in [3.05, 3.63) is 75.6 Å². The topological polar surface area (TPSA) is 157 Å². The molecule has 2 aliphatic heterocycles. The first-order chi connectivity index (χ1) is 15.2. The minimum absolute atomic E-state index is 0.114. The van der Waals surface area contributed by atoms with Gasteiger partial charge in [0.15, 0.2) is 5.41 Å². The van der Waals surface area contributed by atoms with Gasteiger partial charge in [0.25, 0.3) is 5.69 Å². The molecule has 0 aromatic heterocycles. The number of para-hydroxylation sites is 1. The van der Waals surface area contributed by atoms with Crippen LogP contribution in [0, 0.1) is 72.1 Å². The molecule has 10 heteroatoms. The first-order valence-electron chi connectivity index (χ1n) is 9.43. The third-order valence-corrected chi connectivity index (χ3v) is 6.33. The highest BCUT2D eigenvalue weighted by molar-refractivity contribution is 5.89. The van der Waals surface area contributed by atoms with Crippen molar-refractivity contribution in [1.82, 2.24) is 0 Å². The molecule has 0 spiro atoms. The standard InChI is InChI=1S/C22H14FN5O4/c1-13-21(12-26)19(27)32-22(13,14-6-8-15(23)9-7-14)31-18(20(21,10-24)11-25)16-4-2-3-5-17(16)28(29)30/h2-9,13,18,27H,1H3. The Labute approximate surface area is 181 Å². The molecule has 2 aromatic rings. The average molecular weight is 431 g/mol. The van der Waals surface area contributed by atoms with Crippen LogP contribution in [-0.4, -0.2) is 10.8 Å². The molecule has 2 heterocycles. The zero-order valence-corrected chi connectivity index (χ0v) is 16.6. The predicted octanol–water partition coefficient (Wildman–Crippen LogP) is 3.85. The second-order valence-electron chi connectivity index (χ2n) is 7.59. The summed E-state index contributed by atoms with van der Waals surface area (Å²) in [6, 6.07) is 15.9. The van der Waals surface area contributed by atoms with E-state index in [0.29, 0.717) is 0 Å². The van der Waals surface area contributed by atoms with Gasteiger partial charge in [-0.3, -0.25) is 15.5 Å². The van der Waals surface area contributed by atoms with Crippen molar-refractivity contribution in [2.45, 2.75) is 18.8 Å². The minimum Gasteiger partial charge on any atom is -0.443 e. The summed E-state index contributed by atoms with van der Waals surface area (Å²) in [5.41, 5.74) is -4.75. The van der Waals surface area contributed by atoms with Crippen LogP contribution in [0.5, 0.6) is 0 Å². The van der Waals surface area contributed by atoms with Gasteiger partial charge in [0, 0.05) is 11.6 Å². The van der Waals surface area contributed by atoms with Crippen LogP contribution in [0.3, 0.4) is 0 Å². The zero-order chi connectivity index (χ0) is 23.3. The van der Waals surface area contributed by atoms with Crippen molar-refractivity contribution in [2.24, 2.45) is 16.7 Å². The molecule has 1 N–H and O–H groups in total. The van der Waals surface area contributed by atoms with Crippen LogP contribution in [0.4, 0.5) is 10.1 Å². The maximum Gasteiger partial charge on any atom is 0.275 e. The van der Waals surface area contributed by atoms with Crippen LogP contribution in [0.2, 0.25) is 0 Å². The van der Waals surface area contributed by atoms with Gasteiger partial charge in [-0.05, 0) is 30.3 Å². The van der Waals surface area contributed by atoms with Gasteiger partial charge in [-0.15, -0.1) is 0 Å². The summed E-state index contributed by atoms with van der Waals surface area (Å²) >= 11 is 0. The number of nitriles is 3. The van der Waals surface area contributed by atoms with Crippen molar-refractivity contribution in [2.75, 3.05) is 0 Å². The van der Waals surface area contributed by atoms with Crippen molar-refractivity contribution in [1.29, 1.82) is 21.2 Å². The Morgan fingerprint density at radius 2 is 1.72 bits per heavy atom. The Hall–Kier alpha value is -4.33. The van der Waals surface area contributed by atoms with Crippen molar-refractivity contribution < 1.29 is 18.8 Å². The van der Waals surface area contributed by atoms with E-state index in [9.17, 15) is 30.3 Å². The molecule has 0 saturated carbocycles. The lowest BCUT2D eigenvalue weighted by Crippen LogP contribution is -2.57. The smallest absolute Gasteiger partial charge is 0.275 e. The molecule has 4 rings (SSSR count). The molecule has 2 aromatic carbocycles. The van der Waals surface area contributed by atoms with E-state index in [0.717, 1.165) is 12.1 Å². The van der Waals surface area contributed by atoms with Gasteiger partial charge in [0.2, 0.25) is 17.1 Å². The van der Waals surface area contributed by atoms with Gasteiger partial charge in [-0.25, -0.2) is 4.39 Å². The fourth-order valence-electron chi connectivity index (χ4n) is 4.70. The Kier molecular flexibility index (Phi) is 4.48. The number of nitrogens with zero attached hydrogens (tertiary/aromatic N) is 4. The lowest BCUT2D eigenvalue weighted by molar-refractivity contribution is -0.387. The highest BCUT2D eigenvalue weighted by Crippen LogP contribution is 2.69. The maximum atomic E-state index is 13.6. The van der Waals surface area contributed by atoms with E-state index >= 15 is 0 Å². The van der Waals surface area contributed by atoms with Crippen molar-refractivity contribution in [3.63, 3.8) is 0 Å². The number of hydrogen-bond donors (Lipinski definition) is 1. The van der Waals surface area contributed by atoms with Crippen LogP contribution >= 0.6 is 0 Å². The van der Waals surface area contributed by atoms with Crippen LogP contribution in [0.15, 0.2) is 48.5 Å². The lowest BCUT2D eigenvalue weighted by atomic mass is 9.53. The van der Waals surface area contributed by atoms with Gasteiger partial charge in [-0.2, -0.15) is 15.8 Å². The number of nitrogens with one attached hydrogen (secondary N) is 1. The Bertz CT molecular complexity index is 1260. The van der Waals surface area contributed by atoms with Gasteiger partial charge >= 0.3 is 0 Å². The average Bonchev–Trinajstić information content (AvgIpc) is 2.95. The van der Waals surface area contributed by atoms with Crippen LogP contribution in [-0.2, 0) is 15.3 Å². The van der Waals surface area contributed by atoms with E-state index in [1.807, 2.05) is 18.2 Å². The summed E-state index contributed by atoms with van der Waals surface area (Å²) in [4.78, 5) is 11.0. The molecule has 2 saturated heterocycles. The maximum absolute atomic E-state index is 13.6. The third kappa shape index (κ3) is 2.29. The first kappa shape index (κ1) is 20.9. The second kappa shape index (κ2) is 6.84. The summed E-state index contributed by atoms with van der Waals surface area (Å²) < 4.78 is 25.5. The number of benzene rings is 2. The molecule has 0 aliphatic carbocycles. The Morgan fingerprint density at radius 3 is 2.28 bits per heavy atom. The summed E-state index contributed by atoms with van der Waals surface area (Å²) in [5.74, 6) is -4.13. The molecule has 9 nitrogen and oxygen atoms in total. The van der Waals surface area contributed by atoms with Gasteiger partial charge in [-0.1, -0.05) is 19.1 Å². The number of fused-ring (bicyclic) bond motifs is 2. The Morgan fingerprint density at radius 1 is 1.09 bits per heavy atom. The second-order valence-corrected chi connectivity index (χ2v) is 7.59. The number of hydrogen-bond acceptors (Lipinski definition) is 8. The molecule has 32 heavy (non-hydrogen) atoms. The molecular formula is C22H14FN5O4. The largest absolute Gasteiger partial charge is 0.443 e. The van der Waals surface area contributed by atoms with E-state index in [4.69, 9.17) is 14.9 Å². The molecule has 4 unspecified atom stereocenters. The first-order valence-corrected chi connectivity index (χ1v) is 9.43. The predicted molar refractivity (Wildman–Crippen MR) is 105 cm³/mol.